The minimum absolute atomic E-state index is 0.0160. The summed E-state index contributed by atoms with van der Waals surface area (Å²) >= 11 is 0. The van der Waals surface area contributed by atoms with Crippen LogP contribution in [0.1, 0.15) is 47.9 Å². The van der Waals surface area contributed by atoms with Gasteiger partial charge in [-0.15, -0.1) is 0 Å². The number of carbonyl (C=O) groups is 2. The molecule has 1 atom stereocenters. The Labute approximate surface area is 312 Å². The van der Waals surface area contributed by atoms with E-state index in [-0.39, 0.29) is 11.8 Å². The number of likely N-dealkylation sites (tertiary alicyclic amines) is 2. The van der Waals surface area contributed by atoms with E-state index in [1.165, 1.54) is 16.7 Å². The van der Waals surface area contributed by atoms with Crippen LogP contribution in [0.3, 0.4) is 0 Å². The quantitative estimate of drug-likeness (QED) is 0.164. The number of allylic oxidation sites excluding steroid dienone is 1. The largest absolute Gasteiger partial charge is 0.370 e. The van der Waals surface area contributed by atoms with Crippen molar-refractivity contribution in [2.75, 3.05) is 0 Å². The molecule has 0 bridgehead atoms. The van der Waals surface area contributed by atoms with E-state index in [1.807, 2.05) is 89.8 Å². The van der Waals surface area contributed by atoms with Crippen molar-refractivity contribution in [3.8, 4) is 22.3 Å². The first-order valence-corrected chi connectivity index (χ1v) is 18.3. The molecule has 6 aromatic carbocycles. The Balaban J connectivity index is 0.000000164. The zero-order chi connectivity index (χ0) is 36.5. The van der Waals surface area contributed by atoms with Crippen LogP contribution in [0.5, 0.6) is 0 Å². The molecule has 0 aromatic heterocycles. The summed E-state index contributed by atoms with van der Waals surface area (Å²) in [5, 5.41) is 11.2. The summed E-state index contributed by atoms with van der Waals surface area (Å²) in [6.07, 6.45) is 4.86. The normalized spacial score (nSPS) is 17.6. The Morgan fingerprint density at radius 2 is 0.962 bits per heavy atom. The summed E-state index contributed by atoms with van der Waals surface area (Å²) in [5.41, 5.74) is 9.08. The standard InChI is InChI=1S/C24H23NO2.C24H21NO/c26-23-15-16-24(27,25(23)18-20-7-3-1-4-8-20)17-19-11-13-22(14-12-19)21-9-5-2-6-10-21;26-24-16-15-23(25(24)18-20-7-3-1-4-8-20)17-19-11-13-22(14-12-19)21-9-5-2-6-10-21/h1-14,27H,15-18H2;1-14,17H,15-16,18H2. The van der Waals surface area contributed by atoms with Gasteiger partial charge < -0.3 is 14.9 Å². The van der Waals surface area contributed by atoms with Gasteiger partial charge in [0.1, 0.15) is 5.72 Å². The highest BCUT2D eigenvalue weighted by Gasteiger charge is 2.43. The molecule has 2 aliphatic heterocycles. The maximum atomic E-state index is 12.4. The van der Waals surface area contributed by atoms with E-state index in [1.54, 1.807) is 4.90 Å². The molecule has 2 aliphatic rings. The van der Waals surface area contributed by atoms with Crippen LogP contribution in [0, 0.1) is 0 Å². The average Bonchev–Trinajstić information content (AvgIpc) is 3.69. The topological polar surface area (TPSA) is 60.9 Å². The van der Waals surface area contributed by atoms with E-state index in [0.717, 1.165) is 39.9 Å². The number of benzene rings is 6. The molecule has 5 nitrogen and oxygen atoms in total. The summed E-state index contributed by atoms with van der Waals surface area (Å²) in [6.45, 7) is 1.09. The van der Waals surface area contributed by atoms with Gasteiger partial charge in [-0.2, -0.15) is 0 Å². The van der Waals surface area contributed by atoms with Gasteiger partial charge in [0.2, 0.25) is 11.8 Å². The van der Waals surface area contributed by atoms with E-state index in [4.69, 9.17) is 0 Å². The Morgan fingerprint density at radius 1 is 0.491 bits per heavy atom. The van der Waals surface area contributed by atoms with Crippen LogP contribution in [-0.2, 0) is 29.1 Å². The van der Waals surface area contributed by atoms with E-state index in [0.29, 0.717) is 38.8 Å². The Hall–Kier alpha value is -6.04. The minimum atomic E-state index is -1.12. The zero-order valence-corrected chi connectivity index (χ0v) is 29.9. The van der Waals surface area contributed by atoms with Gasteiger partial charge in [0.25, 0.3) is 0 Å². The number of hydrogen-bond donors (Lipinski definition) is 1. The van der Waals surface area contributed by atoms with Crippen molar-refractivity contribution in [3.63, 3.8) is 0 Å². The summed E-state index contributed by atoms with van der Waals surface area (Å²) < 4.78 is 0. The Kier molecular flexibility index (Phi) is 11.0. The minimum Gasteiger partial charge on any atom is -0.370 e. The second-order valence-electron chi connectivity index (χ2n) is 13.8. The second kappa shape index (κ2) is 16.5. The number of nitrogens with zero attached hydrogens (tertiary/aromatic N) is 2. The second-order valence-corrected chi connectivity index (χ2v) is 13.8. The molecular weight excluding hydrogens is 653 g/mol. The number of hydrogen-bond acceptors (Lipinski definition) is 3. The van der Waals surface area contributed by atoms with Gasteiger partial charge in [0, 0.05) is 37.9 Å². The number of carbonyl (C=O) groups excluding carboxylic acids is 2. The fourth-order valence-corrected chi connectivity index (χ4v) is 7.13. The van der Waals surface area contributed by atoms with Gasteiger partial charge in [-0.3, -0.25) is 9.59 Å². The molecular formula is C48H44N2O3. The molecule has 1 unspecified atom stereocenters. The first kappa shape index (κ1) is 35.4. The van der Waals surface area contributed by atoms with Gasteiger partial charge >= 0.3 is 0 Å². The molecule has 2 saturated heterocycles. The van der Waals surface area contributed by atoms with Crippen LogP contribution in [0.4, 0.5) is 0 Å². The summed E-state index contributed by atoms with van der Waals surface area (Å²) in [6, 6.07) is 57.4. The maximum Gasteiger partial charge on any atom is 0.227 e. The molecule has 0 saturated carbocycles. The van der Waals surface area contributed by atoms with Crippen molar-refractivity contribution >= 4 is 17.9 Å². The van der Waals surface area contributed by atoms with E-state index >= 15 is 0 Å². The third kappa shape index (κ3) is 8.89. The summed E-state index contributed by atoms with van der Waals surface area (Å²) in [7, 11) is 0. The molecule has 264 valence electrons. The lowest BCUT2D eigenvalue weighted by molar-refractivity contribution is -0.146. The van der Waals surface area contributed by atoms with Crippen LogP contribution < -0.4 is 0 Å². The first-order valence-electron chi connectivity index (χ1n) is 18.3. The van der Waals surface area contributed by atoms with Crippen molar-refractivity contribution in [1.29, 1.82) is 0 Å². The van der Waals surface area contributed by atoms with Crippen molar-refractivity contribution < 1.29 is 14.7 Å². The molecule has 2 heterocycles. The maximum absolute atomic E-state index is 12.4. The molecule has 1 N–H and O–H groups in total. The number of rotatable bonds is 9. The number of aliphatic hydroxyl groups is 1. The highest BCUT2D eigenvalue weighted by molar-refractivity contribution is 5.83. The SMILES string of the molecule is O=C1CCC(=Cc2ccc(-c3ccccc3)cc2)N1Cc1ccccc1.O=C1CCC(O)(Cc2ccc(-c3ccccc3)cc2)N1Cc1ccccc1. The van der Waals surface area contributed by atoms with Crippen LogP contribution >= 0.6 is 0 Å². The smallest absolute Gasteiger partial charge is 0.227 e. The summed E-state index contributed by atoms with van der Waals surface area (Å²) in [4.78, 5) is 28.2. The van der Waals surface area contributed by atoms with Gasteiger partial charge in [0.15, 0.2) is 0 Å². The first-order chi connectivity index (χ1) is 25.9. The summed E-state index contributed by atoms with van der Waals surface area (Å²) in [5.74, 6) is 0.225. The molecule has 2 fully saturated rings. The van der Waals surface area contributed by atoms with E-state index in [9.17, 15) is 14.7 Å². The lowest BCUT2D eigenvalue weighted by Crippen LogP contribution is -2.46. The highest BCUT2D eigenvalue weighted by atomic mass is 16.3. The Morgan fingerprint density at radius 3 is 1.51 bits per heavy atom. The van der Waals surface area contributed by atoms with Crippen molar-refractivity contribution in [2.24, 2.45) is 0 Å². The molecule has 0 radical (unpaired) electrons. The third-order valence-electron chi connectivity index (χ3n) is 10.1. The molecule has 8 rings (SSSR count). The predicted octanol–water partition coefficient (Wildman–Crippen LogP) is 9.92. The number of amides is 2. The van der Waals surface area contributed by atoms with Crippen LogP contribution in [0.25, 0.3) is 28.3 Å². The fourth-order valence-electron chi connectivity index (χ4n) is 7.13. The van der Waals surface area contributed by atoms with E-state index < -0.39 is 5.72 Å². The van der Waals surface area contributed by atoms with Crippen LogP contribution in [0.2, 0.25) is 0 Å². The fraction of sp³-hybridized carbons (Fsp3) is 0.167. The van der Waals surface area contributed by atoms with Crippen molar-refractivity contribution in [3.05, 3.63) is 198 Å². The monoisotopic (exact) mass is 696 g/mol. The van der Waals surface area contributed by atoms with Gasteiger partial charge in [-0.05, 0) is 57.0 Å². The van der Waals surface area contributed by atoms with Gasteiger partial charge in [-0.25, -0.2) is 0 Å². The zero-order valence-electron chi connectivity index (χ0n) is 29.9. The van der Waals surface area contributed by atoms with Crippen molar-refractivity contribution in [1.82, 2.24) is 9.80 Å². The predicted molar refractivity (Wildman–Crippen MR) is 213 cm³/mol. The van der Waals surface area contributed by atoms with E-state index in [2.05, 4.69) is 91.0 Å². The molecule has 53 heavy (non-hydrogen) atoms. The Bertz CT molecular complexity index is 2130. The average molecular weight is 697 g/mol. The van der Waals surface area contributed by atoms with Crippen LogP contribution in [-0.4, -0.2) is 32.4 Å². The molecule has 0 spiro atoms. The third-order valence-corrected chi connectivity index (χ3v) is 10.1. The lowest BCUT2D eigenvalue weighted by Gasteiger charge is -2.34. The molecule has 0 aliphatic carbocycles. The van der Waals surface area contributed by atoms with Gasteiger partial charge in [0.05, 0.1) is 6.54 Å². The van der Waals surface area contributed by atoms with Gasteiger partial charge in [-0.1, -0.05) is 170 Å². The molecule has 2 amide bonds. The van der Waals surface area contributed by atoms with Crippen LogP contribution in [0.15, 0.2) is 176 Å². The molecule has 6 aromatic rings. The highest BCUT2D eigenvalue weighted by Crippen LogP contribution is 2.33. The van der Waals surface area contributed by atoms with Crippen molar-refractivity contribution in [2.45, 2.75) is 50.9 Å². The molecule has 5 heteroatoms. The lowest BCUT2D eigenvalue weighted by atomic mass is 9.97.